The Morgan fingerprint density at radius 1 is 1.17 bits per heavy atom. The average molecular weight is 436 g/mol. The van der Waals surface area contributed by atoms with Crippen molar-refractivity contribution >= 4 is 47.2 Å². The molecule has 7 N–H and O–H groups in total. The molecule has 0 aliphatic rings. The fourth-order valence-corrected chi connectivity index (χ4v) is 3.00. The van der Waals surface area contributed by atoms with Gasteiger partial charge in [0.1, 0.15) is 12.1 Å². The minimum atomic E-state index is -1.20. The summed E-state index contributed by atoms with van der Waals surface area (Å²) in [6.45, 7) is 0.867. The average Bonchev–Trinajstić information content (AvgIpc) is 3.12. The van der Waals surface area contributed by atoms with E-state index in [9.17, 15) is 19.2 Å². The fourth-order valence-electron chi connectivity index (χ4n) is 2.75. The molecule has 2 rings (SSSR count). The Labute approximate surface area is 178 Å². The second kappa shape index (κ2) is 10.6. The van der Waals surface area contributed by atoms with Gasteiger partial charge in [-0.3, -0.25) is 19.2 Å². The SMILES string of the molecule is CC(NC(=O)CNC(=O)C(CS)NC(=O)C(N)Cc1c[nH]c2ccccc12)C(=O)O. The first-order valence-corrected chi connectivity index (χ1v) is 9.87. The smallest absolute Gasteiger partial charge is 0.325 e. The van der Waals surface area contributed by atoms with Gasteiger partial charge in [-0.2, -0.15) is 12.6 Å². The van der Waals surface area contributed by atoms with Gasteiger partial charge in [-0.25, -0.2) is 0 Å². The third kappa shape index (κ3) is 6.22. The van der Waals surface area contributed by atoms with Gasteiger partial charge in [-0.05, 0) is 25.0 Å². The van der Waals surface area contributed by atoms with E-state index in [1.54, 1.807) is 6.20 Å². The standard InChI is InChI=1S/C19H25N5O5S/c1-10(19(28)29)23-16(25)8-22-18(27)15(9-30)24-17(26)13(20)6-11-7-21-14-5-3-2-4-12(11)14/h2-5,7,10,13,15,21,30H,6,8-9,20H2,1H3,(H,22,27)(H,23,25)(H,24,26)(H,28,29). The molecule has 30 heavy (non-hydrogen) atoms. The highest BCUT2D eigenvalue weighted by Gasteiger charge is 2.24. The predicted molar refractivity (Wildman–Crippen MR) is 114 cm³/mol. The van der Waals surface area contributed by atoms with Crippen LogP contribution in [0.5, 0.6) is 0 Å². The molecule has 1 heterocycles. The second-order valence-corrected chi connectivity index (χ2v) is 7.12. The van der Waals surface area contributed by atoms with Gasteiger partial charge in [-0.1, -0.05) is 18.2 Å². The number of aromatic amines is 1. The number of aromatic nitrogens is 1. The highest BCUT2D eigenvalue weighted by Crippen LogP contribution is 2.18. The minimum Gasteiger partial charge on any atom is -0.480 e. The molecule has 0 spiro atoms. The number of carbonyl (C=O) groups is 4. The molecule has 0 saturated heterocycles. The minimum absolute atomic E-state index is 0.00940. The molecule has 0 aliphatic heterocycles. The van der Waals surface area contributed by atoms with Gasteiger partial charge in [0.05, 0.1) is 12.6 Å². The Kier molecular flexibility index (Phi) is 8.25. The number of hydrogen-bond acceptors (Lipinski definition) is 6. The van der Waals surface area contributed by atoms with Crippen molar-refractivity contribution in [3.63, 3.8) is 0 Å². The highest BCUT2D eigenvalue weighted by atomic mass is 32.1. The first-order chi connectivity index (χ1) is 14.2. The van der Waals surface area contributed by atoms with Crippen LogP contribution in [0.1, 0.15) is 12.5 Å². The van der Waals surface area contributed by atoms with Gasteiger partial charge in [-0.15, -0.1) is 0 Å². The van der Waals surface area contributed by atoms with E-state index in [0.29, 0.717) is 0 Å². The Bertz CT molecular complexity index is 931. The van der Waals surface area contributed by atoms with Gasteiger partial charge >= 0.3 is 5.97 Å². The normalized spacial score (nSPS) is 13.8. The topological polar surface area (TPSA) is 166 Å². The molecule has 0 fully saturated rings. The number of para-hydroxylation sites is 1. The monoisotopic (exact) mass is 435 g/mol. The van der Waals surface area contributed by atoms with Crippen LogP contribution in [0.25, 0.3) is 10.9 Å². The van der Waals surface area contributed by atoms with Crippen LogP contribution in [-0.2, 0) is 25.6 Å². The molecule has 162 valence electrons. The first kappa shape index (κ1) is 23.2. The lowest BCUT2D eigenvalue weighted by Gasteiger charge is -2.19. The largest absolute Gasteiger partial charge is 0.480 e. The van der Waals surface area contributed by atoms with Gasteiger partial charge in [0, 0.05) is 22.9 Å². The zero-order chi connectivity index (χ0) is 22.3. The van der Waals surface area contributed by atoms with E-state index < -0.39 is 48.4 Å². The molecule has 0 bridgehead atoms. The van der Waals surface area contributed by atoms with Gasteiger partial charge in [0.25, 0.3) is 0 Å². The molecule has 3 amide bonds. The molecule has 2 aromatic rings. The molecule has 3 unspecified atom stereocenters. The lowest BCUT2D eigenvalue weighted by atomic mass is 10.0. The second-order valence-electron chi connectivity index (χ2n) is 6.76. The van der Waals surface area contributed by atoms with Crippen molar-refractivity contribution in [2.24, 2.45) is 5.73 Å². The van der Waals surface area contributed by atoms with Gasteiger partial charge in [0.15, 0.2) is 0 Å². The van der Waals surface area contributed by atoms with E-state index in [-0.39, 0.29) is 12.2 Å². The number of rotatable bonds is 10. The highest BCUT2D eigenvalue weighted by molar-refractivity contribution is 7.80. The maximum absolute atomic E-state index is 12.4. The molecule has 3 atom stereocenters. The number of H-pyrrole nitrogens is 1. The Hall–Kier alpha value is -3.05. The number of hydrogen-bond donors (Lipinski definition) is 7. The van der Waals surface area contributed by atoms with Crippen molar-refractivity contribution < 1.29 is 24.3 Å². The predicted octanol–water partition coefficient (Wildman–Crippen LogP) is -0.842. The number of carboxylic acid groups (broad SMARTS) is 1. The maximum Gasteiger partial charge on any atom is 0.325 e. The summed E-state index contributed by atoms with van der Waals surface area (Å²) in [7, 11) is 0. The maximum atomic E-state index is 12.4. The number of benzene rings is 1. The summed E-state index contributed by atoms with van der Waals surface area (Å²) in [6.07, 6.45) is 2.06. The summed E-state index contributed by atoms with van der Waals surface area (Å²) in [5, 5.41) is 16.8. The van der Waals surface area contributed by atoms with Crippen molar-refractivity contribution in [3.05, 3.63) is 36.0 Å². The molecule has 11 heteroatoms. The Morgan fingerprint density at radius 2 is 1.87 bits per heavy atom. The van der Waals surface area contributed by atoms with Crippen LogP contribution < -0.4 is 21.7 Å². The molecule has 0 saturated carbocycles. The van der Waals surface area contributed by atoms with Gasteiger partial charge < -0.3 is 31.8 Å². The first-order valence-electron chi connectivity index (χ1n) is 9.24. The van der Waals surface area contributed by atoms with Crippen molar-refractivity contribution in [1.29, 1.82) is 0 Å². The third-order valence-corrected chi connectivity index (χ3v) is 4.80. The van der Waals surface area contributed by atoms with Crippen molar-refractivity contribution in [3.8, 4) is 0 Å². The number of nitrogens with one attached hydrogen (secondary N) is 4. The summed E-state index contributed by atoms with van der Waals surface area (Å²) in [5.74, 6) is -3.03. The fraction of sp³-hybridized carbons (Fsp3) is 0.368. The molecule has 0 radical (unpaired) electrons. The third-order valence-electron chi connectivity index (χ3n) is 4.44. The van der Waals surface area contributed by atoms with Crippen LogP contribution in [0, 0.1) is 0 Å². The van der Waals surface area contributed by atoms with E-state index in [1.165, 1.54) is 6.92 Å². The lowest BCUT2D eigenvalue weighted by molar-refractivity contribution is -0.141. The molecular weight excluding hydrogens is 410 g/mol. The summed E-state index contributed by atoms with van der Waals surface area (Å²) >= 11 is 4.06. The Balaban J connectivity index is 1.87. The molecule has 1 aromatic heterocycles. The Morgan fingerprint density at radius 3 is 2.53 bits per heavy atom. The number of nitrogens with two attached hydrogens (primary N) is 1. The summed E-state index contributed by atoms with van der Waals surface area (Å²) in [5.41, 5.74) is 7.82. The number of fused-ring (bicyclic) bond motifs is 1. The van der Waals surface area contributed by atoms with Crippen LogP contribution >= 0.6 is 12.6 Å². The quantitative estimate of drug-likeness (QED) is 0.240. The summed E-state index contributed by atoms with van der Waals surface area (Å²) < 4.78 is 0. The zero-order valence-corrected chi connectivity index (χ0v) is 17.2. The van der Waals surface area contributed by atoms with Crippen molar-refractivity contribution in [2.45, 2.75) is 31.5 Å². The lowest BCUT2D eigenvalue weighted by Crippen LogP contribution is -2.54. The number of thiol groups is 1. The molecule has 1 aromatic carbocycles. The van der Waals surface area contributed by atoms with Gasteiger partial charge in [0.2, 0.25) is 17.7 Å². The van der Waals surface area contributed by atoms with Crippen LogP contribution in [0.4, 0.5) is 0 Å². The van der Waals surface area contributed by atoms with E-state index in [1.807, 2.05) is 24.3 Å². The van der Waals surface area contributed by atoms with Crippen LogP contribution in [0.15, 0.2) is 30.5 Å². The summed E-state index contributed by atoms with van der Waals surface area (Å²) in [6, 6.07) is 4.65. The number of amides is 3. The van der Waals surface area contributed by atoms with E-state index in [2.05, 4.69) is 33.6 Å². The van der Waals surface area contributed by atoms with E-state index in [4.69, 9.17) is 10.8 Å². The van der Waals surface area contributed by atoms with Crippen molar-refractivity contribution in [2.75, 3.05) is 12.3 Å². The molecule has 0 aliphatic carbocycles. The summed E-state index contributed by atoms with van der Waals surface area (Å²) in [4.78, 5) is 50.2. The molecule has 10 nitrogen and oxygen atoms in total. The number of aliphatic carboxylic acids is 1. The zero-order valence-electron chi connectivity index (χ0n) is 16.3. The van der Waals surface area contributed by atoms with Crippen LogP contribution in [-0.4, -0.2) is 64.2 Å². The van der Waals surface area contributed by atoms with E-state index >= 15 is 0 Å². The van der Waals surface area contributed by atoms with Crippen molar-refractivity contribution in [1.82, 2.24) is 20.9 Å². The van der Waals surface area contributed by atoms with Crippen LogP contribution in [0.2, 0.25) is 0 Å². The van der Waals surface area contributed by atoms with Crippen LogP contribution in [0.3, 0.4) is 0 Å². The molecular formula is C19H25N5O5S. The number of carboxylic acids is 1. The number of carbonyl (C=O) groups excluding carboxylic acids is 3. The van der Waals surface area contributed by atoms with E-state index in [0.717, 1.165) is 16.5 Å².